The first-order valence-electron chi connectivity index (χ1n) is 6.05. The Morgan fingerprint density at radius 1 is 1.32 bits per heavy atom. The molecule has 4 nitrogen and oxygen atoms in total. The molecule has 1 aromatic rings. The predicted molar refractivity (Wildman–Crippen MR) is 72.3 cm³/mol. The van der Waals surface area contributed by atoms with Gasteiger partial charge in [0.25, 0.3) is 0 Å². The van der Waals surface area contributed by atoms with Crippen LogP contribution in [0.15, 0.2) is 36.4 Å². The van der Waals surface area contributed by atoms with Gasteiger partial charge in [-0.05, 0) is 5.56 Å². The van der Waals surface area contributed by atoms with Gasteiger partial charge >= 0.3 is 5.97 Å². The van der Waals surface area contributed by atoms with Crippen molar-refractivity contribution in [2.45, 2.75) is 19.4 Å². The molecule has 0 amide bonds. The zero-order valence-electron chi connectivity index (χ0n) is 11.1. The molecule has 0 aromatic heterocycles. The van der Waals surface area contributed by atoms with Crippen LogP contribution in [0.3, 0.4) is 0 Å². The van der Waals surface area contributed by atoms with Crippen LogP contribution in [0.1, 0.15) is 18.9 Å². The number of ketones is 1. The Hall–Kier alpha value is -1.94. The number of benzene rings is 1. The predicted octanol–water partition coefficient (Wildman–Crippen LogP) is 1.83. The van der Waals surface area contributed by atoms with E-state index in [0.717, 1.165) is 5.56 Å². The Bertz CT molecular complexity index is 450. The van der Waals surface area contributed by atoms with Crippen molar-refractivity contribution < 1.29 is 19.4 Å². The molecule has 1 N–H and O–H groups in total. The highest BCUT2D eigenvalue weighted by molar-refractivity contribution is 5.97. The first-order valence-corrected chi connectivity index (χ1v) is 6.05. The van der Waals surface area contributed by atoms with Crippen LogP contribution >= 0.6 is 0 Å². The topological polar surface area (TPSA) is 63.6 Å². The third-order valence-electron chi connectivity index (χ3n) is 2.85. The molecule has 0 heterocycles. The Morgan fingerprint density at radius 3 is 2.53 bits per heavy atom. The van der Waals surface area contributed by atoms with E-state index in [1.807, 2.05) is 30.3 Å². The Labute approximate surface area is 112 Å². The second-order valence-electron chi connectivity index (χ2n) is 4.27. The van der Waals surface area contributed by atoms with Crippen molar-refractivity contribution in [3.05, 3.63) is 42.0 Å². The van der Waals surface area contributed by atoms with Crippen molar-refractivity contribution in [1.82, 2.24) is 0 Å². The van der Waals surface area contributed by atoms with Gasteiger partial charge in [0.1, 0.15) is 12.2 Å². The lowest BCUT2D eigenvalue weighted by molar-refractivity contribution is -0.144. The molecule has 19 heavy (non-hydrogen) atoms. The molecular formula is C15H18O4. The minimum Gasteiger partial charge on any atom is -0.469 e. The third kappa shape index (κ3) is 5.06. The van der Waals surface area contributed by atoms with Crippen LogP contribution in [0.5, 0.6) is 0 Å². The highest BCUT2D eigenvalue weighted by Gasteiger charge is 2.22. The molecule has 0 aliphatic heterocycles. The minimum atomic E-state index is -0.919. The fraction of sp³-hybridized carbons (Fsp3) is 0.333. The van der Waals surface area contributed by atoms with Gasteiger partial charge in [-0.3, -0.25) is 9.59 Å². The van der Waals surface area contributed by atoms with Gasteiger partial charge in [-0.1, -0.05) is 49.4 Å². The lowest BCUT2D eigenvalue weighted by Gasteiger charge is -2.13. The summed E-state index contributed by atoms with van der Waals surface area (Å²) >= 11 is 0. The van der Waals surface area contributed by atoms with Gasteiger partial charge in [-0.25, -0.2) is 0 Å². The summed E-state index contributed by atoms with van der Waals surface area (Å²) in [6.07, 6.45) is 2.06. The normalized spacial score (nSPS) is 14.1. The summed E-state index contributed by atoms with van der Waals surface area (Å²) in [7, 11) is 1.23. The van der Waals surface area contributed by atoms with Gasteiger partial charge < -0.3 is 9.84 Å². The average molecular weight is 262 g/mol. The van der Waals surface area contributed by atoms with Crippen LogP contribution < -0.4 is 0 Å². The van der Waals surface area contributed by atoms with Crippen molar-refractivity contribution in [2.24, 2.45) is 5.92 Å². The number of carbonyl (C=O) groups excluding carboxylic acids is 2. The first kappa shape index (κ1) is 15.1. The van der Waals surface area contributed by atoms with E-state index in [0.29, 0.717) is 0 Å². The van der Waals surface area contributed by atoms with Gasteiger partial charge in [0.2, 0.25) is 0 Å². The fourth-order valence-electron chi connectivity index (χ4n) is 1.51. The monoisotopic (exact) mass is 262 g/mol. The molecule has 0 aliphatic carbocycles. The fourth-order valence-corrected chi connectivity index (χ4v) is 1.51. The maximum atomic E-state index is 11.7. The third-order valence-corrected chi connectivity index (χ3v) is 2.85. The highest BCUT2D eigenvalue weighted by Crippen LogP contribution is 2.11. The molecule has 0 unspecified atom stereocenters. The van der Waals surface area contributed by atoms with E-state index in [2.05, 4.69) is 4.74 Å². The average Bonchev–Trinajstić information content (AvgIpc) is 2.44. The molecule has 0 radical (unpaired) electrons. The summed E-state index contributed by atoms with van der Waals surface area (Å²) in [4.78, 5) is 22.7. The number of hydrogen-bond donors (Lipinski definition) is 1. The Morgan fingerprint density at radius 2 is 1.95 bits per heavy atom. The molecule has 1 aromatic carbocycles. The summed E-state index contributed by atoms with van der Waals surface area (Å²) in [6, 6.07) is 9.46. The maximum Gasteiger partial charge on any atom is 0.313 e. The highest BCUT2D eigenvalue weighted by atomic mass is 16.5. The van der Waals surface area contributed by atoms with Gasteiger partial charge in [-0.2, -0.15) is 0 Å². The Balaban J connectivity index is 2.57. The van der Waals surface area contributed by atoms with Crippen molar-refractivity contribution in [2.75, 3.05) is 7.11 Å². The van der Waals surface area contributed by atoms with Crippen molar-refractivity contribution in [3.63, 3.8) is 0 Å². The lowest BCUT2D eigenvalue weighted by atomic mass is 9.96. The Kier molecular flexibility index (Phi) is 5.96. The van der Waals surface area contributed by atoms with E-state index in [-0.39, 0.29) is 12.2 Å². The smallest absolute Gasteiger partial charge is 0.313 e. The van der Waals surface area contributed by atoms with Crippen LogP contribution in [0.25, 0.3) is 6.08 Å². The van der Waals surface area contributed by atoms with E-state index >= 15 is 0 Å². The number of aliphatic hydroxyl groups is 1. The standard InChI is InChI=1S/C15H18O4/c1-11(14(17)10-15(18)19-2)13(16)9-8-12-6-4-3-5-7-12/h3-9,11,13,16H,10H2,1-2H3/b9-8+/t11-,13-/m0/s1. The summed E-state index contributed by atoms with van der Waals surface area (Å²) in [5.74, 6) is -1.56. The number of aliphatic hydroxyl groups excluding tert-OH is 1. The van der Waals surface area contributed by atoms with E-state index in [1.54, 1.807) is 19.1 Å². The number of hydrogen-bond acceptors (Lipinski definition) is 4. The summed E-state index contributed by atoms with van der Waals surface area (Å²) in [5, 5.41) is 9.88. The van der Waals surface area contributed by atoms with Crippen LogP contribution in [-0.4, -0.2) is 30.1 Å². The van der Waals surface area contributed by atoms with Gasteiger partial charge in [-0.15, -0.1) is 0 Å². The summed E-state index contributed by atoms with van der Waals surface area (Å²) in [6.45, 7) is 1.59. The molecule has 0 aliphatic rings. The molecule has 0 saturated carbocycles. The SMILES string of the molecule is COC(=O)CC(=O)[C@@H](C)[C@@H](O)/C=C/c1ccccc1. The van der Waals surface area contributed by atoms with E-state index < -0.39 is 18.0 Å². The number of ether oxygens (including phenoxy) is 1. The molecule has 0 spiro atoms. The maximum absolute atomic E-state index is 11.7. The molecule has 2 atom stereocenters. The summed E-state index contributed by atoms with van der Waals surface area (Å²) < 4.78 is 4.42. The second-order valence-corrected chi connectivity index (χ2v) is 4.27. The second kappa shape index (κ2) is 7.48. The number of rotatable bonds is 6. The number of methoxy groups -OCH3 is 1. The number of Topliss-reactive ketones (excluding diaryl/α,β-unsaturated/α-hetero) is 1. The number of esters is 1. The molecule has 0 fully saturated rings. The van der Waals surface area contributed by atoms with Crippen molar-refractivity contribution >= 4 is 17.8 Å². The minimum absolute atomic E-state index is 0.312. The molecular weight excluding hydrogens is 244 g/mol. The molecule has 0 bridgehead atoms. The van der Waals surface area contributed by atoms with Crippen LogP contribution in [0.4, 0.5) is 0 Å². The molecule has 1 rings (SSSR count). The van der Waals surface area contributed by atoms with E-state index in [9.17, 15) is 14.7 Å². The molecule has 4 heteroatoms. The van der Waals surface area contributed by atoms with Crippen LogP contribution in [-0.2, 0) is 14.3 Å². The van der Waals surface area contributed by atoms with Gasteiger partial charge in [0.15, 0.2) is 0 Å². The largest absolute Gasteiger partial charge is 0.469 e. The van der Waals surface area contributed by atoms with Crippen molar-refractivity contribution in [3.8, 4) is 0 Å². The van der Waals surface area contributed by atoms with E-state index in [4.69, 9.17) is 0 Å². The zero-order valence-corrected chi connectivity index (χ0v) is 11.1. The number of carbonyl (C=O) groups is 2. The van der Waals surface area contributed by atoms with Gasteiger partial charge in [0.05, 0.1) is 13.2 Å². The quantitative estimate of drug-likeness (QED) is 0.627. The zero-order chi connectivity index (χ0) is 14.3. The van der Waals surface area contributed by atoms with Crippen LogP contribution in [0, 0.1) is 5.92 Å². The van der Waals surface area contributed by atoms with Crippen LogP contribution in [0.2, 0.25) is 0 Å². The van der Waals surface area contributed by atoms with Crippen molar-refractivity contribution in [1.29, 1.82) is 0 Å². The molecule has 102 valence electrons. The molecule has 0 saturated heterocycles. The lowest BCUT2D eigenvalue weighted by Crippen LogP contribution is -2.26. The first-order chi connectivity index (χ1) is 9.04. The van der Waals surface area contributed by atoms with Gasteiger partial charge in [0, 0.05) is 5.92 Å². The summed E-state index contributed by atoms with van der Waals surface area (Å²) in [5.41, 5.74) is 0.939. The van der Waals surface area contributed by atoms with E-state index in [1.165, 1.54) is 7.11 Å².